The largest absolute Gasteiger partial charge is 0.478 e. The minimum absolute atomic E-state index is 0.201. The maximum atomic E-state index is 10.4. The fourth-order valence-electron chi connectivity index (χ4n) is 2.41. The number of aliphatic carboxylic acids is 1. The second kappa shape index (κ2) is 10.7. The van der Waals surface area contributed by atoms with Crippen LogP contribution in [0, 0.1) is 11.8 Å². The molecule has 0 radical (unpaired) electrons. The number of carboxylic acids is 1. The van der Waals surface area contributed by atoms with E-state index in [9.17, 15) is 4.79 Å². The molecule has 1 N–H and O–H groups in total. The average molecular weight is 379 g/mol. The van der Waals surface area contributed by atoms with E-state index in [-0.39, 0.29) is 11.1 Å². The minimum atomic E-state index is -1.81. The minimum Gasteiger partial charge on any atom is -0.478 e. The molecule has 0 heterocycles. The zero-order valence-electron chi connectivity index (χ0n) is 18.0. The van der Waals surface area contributed by atoms with Crippen molar-refractivity contribution in [1.82, 2.24) is 0 Å². The van der Waals surface area contributed by atoms with Crippen molar-refractivity contribution in [2.45, 2.75) is 72.7 Å². The smallest absolute Gasteiger partial charge is 0.328 e. The Hall–Kier alpha value is -1.39. The fourth-order valence-corrected chi connectivity index (χ4v) is 3.93. The molecule has 0 bridgehead atoms. The van der Waals surface area contributed by atoms with E-state index in [1.807, 2.05) is 18.2 Å². The fraction of sp³-hybridized carbons (Fsp3) is 0.591. The van der Waals surface area contributed by atoms with Crippen LogP contribution in [0.1, 0.15) is 48.5 Å². The van der Waals surface area contributed by atoms with Gasteiger partial charge in [-0.2, -0.15) is 0 Å². The molecule has 0 fully saturated rings. The Kier molecular flexibility index (Phi) is 10.1. The summed E-state index contributed by atoms with van der Waals surface area (Å²) < 4.78 is 6.70. The molecule has 0 saturated heterocycles. The van der Waals surface area contributed by atoms with Crippen LogP contribution in [0.4, 0.5) is 0 Å². The van der Waals surface area contributed by atoms with Crippen molar-refractivity contribution in [2.75, 3.05) is 0 Å². The van der Waals surface area contributed by atoms with Crippen molar-refractivity contribution in [2.24, 2.45) is 11.8 Å². The lowest BCUT2D eigenvalue weighted by Crippen LogP contribution is -2.46. The molecule has 0 amide bonds. The molecule has 2 atom stereocenters. The summed E-state index contributed by atoms with van der Waals surface area (Å²) in [4.78, 5) is 10.4. The third kappa shape index (κ3) is 9.34. The maximum absolute atomic E-state index is 10.4. The lowest BCUT2D eigenvalue weighted by atomic mass is 9.93. The summed E-state index contributed by atoms with van der Waals surface area (Å²) in [5, 5.41) is 8.73. The van der Waals surface area contributed by atoms with Crippen LogP contribution < -0.4 is 0 Å². The van der Waals surface area contributed by atoms with Gasteiger partial charge in [-0.25, -0.2) is 4.79 Å². The van der Waals surface area contributed by atoms with Crippen molar-refractivity contribution < 1.29 is 14.3 Å². The molecule has 3 nitrogen and oxygen atoms in total. The van der Waals surface area contributed by atoms with Gasteiger partial charge >= 0.3 is 5.97 Å². The molecule has 0 saturated carbocycles. The summed E-state index contributed by atoms with van der Waals surface area (Å²) in [6.07, 6.45) is 12.6. The second-order valence-electron chi connectivity index (χ2n) is 8.80. The number of hydrogen-bond donors (Lipinski definition) is 1. The quantitative estimate of drug-likeness (QED) is 0.288. The standard InChI is InChI=1S/C22H38O3Si/c1-17(2)21(25-26(8,9)22(5,6)7)19(4)16-18(3)14-12-10-11-13-15-20(23)24/h10-17,19,21H,1-9H3,(H,23,24)/b11-10+,14-12+,15-13+,18-16+/t19-,21+/m1/s1. The van der Waals surface area contributed by atoms with Gasteiger partial charge < -0.3 is 9.53 Å². The van der Waals surface area contributed by atoms with Gasteiger partial charge in [-0.3, -0.25) is 0 Å². The molecule has 0 aromatic carbocycles. The molecule has 0 aromatic heterocycles. The molecule has 0 unspecified atom stereocenters. The second-order valence-corrected chi connectivity index (χ2v) is 13.6. The summed E-state index contributed by atoms with van der Waals surface area (Å²) in [5.41, 5.74) is 1.17. The summed E-state index contributed by atoms with van der Waals surface area (Å²) in [6.45, 7) is 20.2. The first kappa shape index (κ1) is 24.6. The van der Waals surface area contributed by atoms with Crippen LogP contribution in [-0.4, -0.2) is 25.5 Å². The zero-order chi connectivity index (χ0) is 20.5. The van der Waals surface area contributed by atoms with Crippen LogP contribution >= 0.6 is 0 Å². The molecule has 4 heteroatoms. The Labute approximate surface area is 161 Å². The summed E-state index contributed by atoms with van der Waals surface area (Å²) in [7, 11) is -1.81. The van der Waals surface area contributed by atoms with Gasteiger partial charge in [0.2, 0.25) is 0 Å². The topological polar surface area (TPSA) is 46.5 Å². The van der Waals surface area contributed by atoms with Gasteiger partial charge in [0.15, 0.2) is 8.32 Å². The highest BCUT2D eigenvalue weighted by molar-refractivity contribution is 6.74. The molecule has 26 heavy (non-hydrogen) atoms. The summed E-state index contributed by atoms with van der Waals surface area (Å²) in [5.74, 6) is -0.164. The average Bonchev–Trinajstić information content (AvgIpc) is 2.46. The normalized spacial score (nSPS) is 16.9. The molecule has 0 aliphatic rings. The van der Waals surface area contributed by atoms with E-state index >= 15 is 0 Å². The van der Waals surface area contributed by atoms with E-state index in [4.69, 9.17) is 9.53 Å². The first-order valence-electron chi connectivity index (χ1n) is 9.38. The number of rotatable bonds is 9. The van der Waals surface area contributed by atoms with Crippen molar-refractivity contribution in [1.29, 1.82) is 0 Å². The van der Waals surface area contributed by atoms with Crippen LogP contribution in [0.2, 0.25) is 18.1 Å². The number of allylic oxidation sites excluding steroid dienone is 6. The van der Waals surface area contributed by atoms with Gasteiger partial charge in [0.25, 0.3) is 0 Å². The maximum Gasteiger partial charge on any atom is 0.328 e. The molecular weight excluding hydrogens is 340 g/mol. The SMILES string of the molecule is CC(/C=C/C=C/C=C/C(=O)O)=C\[C@@H](C)[C@@H](O[Si](C)(C)C(C)(C)C)C(C)C. The molecule has 0 aliphatic carbocycles. The lowest BCUT2D eigenvalue weighted by Gasteiger charge is -2.42. The predicted molar refractivity (Wildman–Crippen MR) is 115 cm³/mol. The lowest BCUT2D eigenvalue weighted by molar-refractivity contribution is -0.131. The Morgan fingerprint density at radius 2 is 1.50 bits per heavy atom. The first-order chi connectivity index (χ1) is 11.8. The first-order valence-corrected chi connectivity index (χ1v) is 12.3. The Morgan fingerprint density at radius 3 is 1.92 bits per heavy atom. The molecule has 0 aromatic rings. The summed E-state index contributed by atoms with van der Waals surface area (Å²) in [6, 6.07) is 0. The van der Waals surface area contributed by atoms with E-state index in [1.54, 1.807) is 6.08 Å². The Balaban J connectivity index is 5.06. The van der Waals surface area contributed by atoms with Crippen molar-refractivity contribution in [3.05, 3.63) is 48.1 Å². The van der Waals surface area contributed by atoms with Crippen molar-refractivity contribution >= 4 is 14.3 Å². The van der Waals surface area contributed by atoms with E-state index in [0.29, 0.717) is 11.8 Å². The van der Waals surface area contributed by atoms with E-state index in [2.05, 4.69) is 67.6 Å². The molecule has 0 spiro atoms. The summed E-state index contributed by atoms with van der Waals surface area (Å²) >= 11 is 0. The van der Waals surface area contributed by atoms with Crippen LogP contribution in [0.5, 0.6) is 0 Å². The number of hydrogen-bond acceptors (Lipinski definition) is 2. The third-order valence-corrected chi connectivity index (χ3v) is 9.34. The van der Waals surface area contributed by atoms with Gasteiger partial charge in [-0.05, 0) is 36.9 Å². The zero-order valence-corrected chi connectivity index (χ0v) is 19.0. The van der Waals surface area contributed by atoms with Crippen molar-refractivity contribution in [3.63, 3.8) is 0 Å². The Bertz CT molecular complexity index is 560. The van der Waals surface area contributed by atoms with Crippen LogP contribution in [-0.2, 0) is 9.22 Å². The third-order valence-electron chi connectivity index (χ3n) is 4.87. The van der Waals surface area contributed by atoms with Crippen LogP contribution in [0.15, 0.2) is 48.1 Å². The molecule has 0 aliphatic heterocycles. The predicted octanol–water partition coefficient (Wildman–Crippen LogP) is 6.37. The highest BCUT2D eigenvalue weighted by Gasteiger charge is 2.40. The molecule has 148 valence electrons. The number of carboxylic acid groups (broad SMARTS) is 1. The van der Waals surface area contributed by atoms with E-state index in [1.165, 1.54) is 11.6 Å². The Morgan fingerprint density at radius 1 is 1.00 bits per heavy atom. The molecular formula is C22H38O3Si. The highest BCUT2D eigenvalue weighted by atomic mass is 28.4. The van der Waals surface area contributed by atoms with Gasteiger partial charge in [0.05, 0.1) is 6.10 Å². The molecule has 0 rings (SSSR count). The number of carbonyl (C=O) groups is 1. The van der Waals surface area contributed by atoms with Gasteiger partial charge in [-0.15, -0.1) is 0 Å². The van der Waals surface area contributed by atoms with Gasteiger partial charge in [0, 0.05) is 6.08 Å². The van der Waals surface area contributed by atoms with Crippen molar-refractivity contribution in [3.8, 4) is 0 Å². The van der Waals surface area contributed by atoms with Gasteiger partial charge in [0.1, 0.15) is 0 Å². The van der Waals surface area contributed by atoms with E-state index in [0.717, 1.165) is 6.08 Å². The highest BCUT2D eigenvalue weighted by Crippen LogP contribution is 2.39. The van der Waals surface area contributed by atoms with Crippen LogP contribution in [0.3, 0.4) is 0 Å². The van der Waals surface area contributed by atoms with Gasteiger partial charge in [-0.1, -0.05) is 83.6 Å². The monoisotopic (exact) mass is 378 g/mol. The van der Waals surface area contributed by atoms with Crippen LogP contribution in [0.25, 0.3) is 0 Å². The van der Waals surface area contributed by atoms with E-state index < -0.39 is 14.3 Å².